The minimum absolute atomic E-state index is 0.410. The van der Waals surface area contributed by atoms with Crippen LogP contribution in [-0.4, -0.2) is 78.1 Å². The van der Waals surface area contributed by atoms with Crippen LogP contribution in [0.25, 0.3) is 0 Å². The number of hydrogen-bond donors (Lipinski definition) is 3. The number of hydrogen-bond acceptors (Lipinski definition) is 6. The number of benzene rings is 1. The van der Waals surface area contributed by atoms with Crippen molar-refractivity contribution in [2.45, 2.75) is 6.42 Å². The van der Waals surface area contributed by atoms with Crippen LogP contribution in [0.5, 0.6) is 5.75 Å². The summed E-state index contributed by atoms with van der Waals surface area (Å²) in [6.45, 7) is 6.23. The van der Waals surface area contributed by atoms with Crippen LogP contribution in [0.3, 0.4) is 0 Å². The molecule has 0 aromatic heterocycles. The number of sulfonamides is 1. The third-order valence-electron chi connectivity index (χ3n) is 3.85. The minimum Gasteiger partial charge on any atom is -0.492 e. The van der Waals surface area contributed by atoms with Crippen molar-refractivity contribution in [1.29, 1.82) is 0 Å². The molecule has 0 bridgehead atoms. The smallest absolute Gasteiger partial charge is 0.229 e. The Hall–Kier alpha value is -2.04. The molecule has 1 saturated heterocycles. The standard InChI is InChI=1S/C17H29N5O4S/c1-27(23,24)21-15-3-5-16(6-4-15)26-12-8-20-17(18)19-7-2-9-22-10-13-25-14-11-22/h3-6,21H,2,7-14H2,1H3,(H3,18,19,20). The van der Waals surface area contributed by atoms with Crippen LogP contribution < -0.4 is 20.5 Å². The molecule has 1 aromatic carbocycles. The predicted octanol–water partition coefficient (Wildman–Crippen LogP) is 0.0635. The molecule has 1 aliphatic heterocycles. The largest absolute Gasteiger partial charge is 0.492 e. The van der Waals surface area contributed by atoms with Crippen LogP contribution in [0.1, 0.15) is 6.42 Å². The number of aliphatic imine (C=N–C) groups is 1. The van der Waals surface area contributed by atoms with Gasteiger partial charge in [0.05, 0.1) is 26.0 Å². The maximum atomic E-state index is 11.2. The molecule has 2 rings (SSSR count). The van der Waals surface area contributed by atoms with Gasteiger partial charge in [0.25, 0.3) is 0 Å². The van der Waals surface area contributed by atoms with Gasteiger partial charge in [0.2, 0.25) is 10.0 Å². The normalized spacial score (nSPS) is 16.1. The van der Waals surface area contributed by atoms with Gasteiger partial charge in [0.1, 0.15) is 12.4 Å². The molecule has 10 heteroatoms. The Kier molecular flexibility index (Phi) is 8.62. The SMILES string of the molecule is CS(=O)(=O)Nc1ccc(OCCNC(N)=NCCCN2CCOCC2)cc1. The van der Waals surface area contributed by atoms with Gasteiger partial charge in [-0.25, -0.2) is 8.42 Å². The molecule has 0 atom stereocenters. The lowest BCUT2D eigenvalue weighted by molar-refractivity contribution is 0.0377. The number of nitrogens with two attached hydrogens (primary N) is 1. The third kappa shape index (κ3) is 9.45. The summed E-state index contributed by atoms with van der Waals surface area (Å²) in [5.74, 6) is 1.06. The Bertz CT molecular complexity index is 688. The van der Waals surface area contributed by atoms with E-state index in [0.29, 0.717) is 37.1 Å². The van der Waals surface area contributed by atoms with Gasteiger partial charge >= 0.3 is 0 Å². The maximum absolute atomic E-state index is 11.2. The van der Waals surface area contributed by atoms with Gasteiger partial charge in [-0.05, 0) is 30.7 Å². The van der Waals surface area contributed by atoms with Gasteiger partial charge in [-0.1, -0.05) is 0 Å². The van der Waals surface area contributed by atoms with Gasteiger partial charge in [-0.2, -0.15) is 0 Å². The van der Waals surface area contributed by atoms with Crippen molar-refractivity contribution in [3.05, 3.63) is 24.3 Å². The van der Waals surface area contributed by atoms with E-state index in [2.05, 4.69) is 19.9 Å². The molecule has 0 saturated carbocycles. The van der Waals surface area contributed by atoms with Gasteiger partial charge < -0.3 is 20.5 Å². The molecule has 0 amide bonds. The summed E-state index contributed by atoms with van der Waals surface area (Å²) in [4.78, 5) is 6.67. The Morgan fingerprint density at radius 2 is 2.00 bits per heavy atom. The number of morpholine rings is 1. The second-order valence-electron chi connectivity index (χ2n) is 6.25. The molecule has 152 valence electrons. The van der Waals surface area contributed by atoms with Crippen LogP contribution in [0.4, 0.5) is 5.69 Å². The summed E-state index contributed by atoms with van der Waals surface area (Å²) >= 11 is 0. The zero-order valence-corrected chi connectivity index (χ0v) is 16.5. The van der Waals surface area contributed by atoms with Crippen LogP contribution in [-0.2, 0) is 14.8 Å². The third-order valence-corrected chi connectivity index (χ3v) is 4.46. The molecule has 1 aliphatic rings. The number of ether oxygens (including phenoxy) is 2. The summed E-state index contributed by atoms with van der Waals surface area (Å²) in [6.07, 6.45) is 2.07. The van der Waals surface area contributed by atoms with Crippen molar-refractivity contribution >= 4 is 21.7 Å². The summed E-state index contributed by atoms with van der Waals surface area (Å²) < 4.78 is 35.6. The van der Waals surface area contributed by atoms with Crippen molar-refractivity contribution in [1.82, 2.24) is 10.2 Å². The van der Waals surface area contributed by atoms with Crippen LogP contribution in [0.15, 0.2) is 29.3 Å². The van der Waals surface area contributed by atoms with Crippen LogP contribution in [0.2, 0.25) is 0 Å². The average Bonchev–Trinajstić information content (AvgIpc) is 2.63. The second-order valence-corrected chi connectivity index (χ2v) is 8.00. The molecule has 1 aromatic rings. The Morgan fingerprint density at radius 1 is 1.30 bits per heavy atom. The molecule has 9 nitrogen and oxygen atoms in total. The predicted molar refractivity (Wildman–Crippen MR) is 107 cm³/mol. The van der Waals surface area contributed by atoms with Crippen molar-refractivity contribution in [3.63, 3.8) is 0 Å². The van der Waals surface area contributed by atoms with Crippen LogP contribution >= 0.6 is 0 Å². The number of guanidine groups is 1. The molecule has 0 spiro atoms. The monoisotopic (exact) mass is 399 g/mol. The van der Waals surface area contributed by atoms with E-state index >= 15 is 0 Å². The summed E-state index contributed by atoms with van der Waals surface area (Å²) in [5.41, 5.74) is 6.33. The summed E-state index contributed by atoms with van der Waals surface area (Å²) in [7, 11) is -3.27. The fraction of sp³-hybridized carbons (Fsp3) is 0.588. The van der Waals surface area contributed by atoms with E-state index in [9.17, 15) is 8.42 Å². The van der Waals surface area contributed by atoms with E-state index in [4.69, 9.17) is 15.2 Å². The zero-order chi connectivity index (χ0) is 19.5. The van der Waals surface area contributed by atoms with Crippen molar-refractivity contribution in [3.8, 4) is 5.75 Å². The lowest BCUT2D eigenvalue weighted by Crippen LogP contribution is -2.37. The molecule has 4 N–H and O–H groups in total. The van der Waals surface area contributed by atoms with Gasteiger partial charge in [-0.15, -0.1) is 0 Å². The number of nitrogens with zero attached hydrogens (tertiary/aromatic N) is 2. The molecular weight excluding hydrogens is 370 g/mol. The Balaban J connectivity index is 1.57. The summed E-state index contributed by atoms with van der Waals surface area (Å²) in [5, 5.41) is 3.01. The highest BCUT2D eigenvalue weighted by atomic mass is 32.2. The van der Waals surface area contributed by atoms with Crippen molar-refractivity contribution in [2.24, 2.45) is 10.7 Å². The van der Waals surface area contributed by atoms with E-state index in [0.717, 1.165) is 45.5 Å². The van der Waals surface area contributed by atoms with E-state index in [1.54, 1.807) is 24.3 Å². The maximum Gasteiger partial charge on any atom is 0.229 e. The summed E-state index contributed by atoms with van der Waals surface area (Å²) in [6, 6.07) is 6.70. The first-order valence-corrected chi connectivity index (χ1v) is 10.9. The molecule has 0 unspecified atom stereocenters. The highest BCUT2D eigenvalue weighted by Crippen LogP contribution is 2.16. The topological polar surface area (TPSA) is 118 Å². The number of nitrogens with one attached hydrogen (secondary N) is 2. The van der Waals surface area contributed by atoms with E-state index in [-0.39, 0.29) is 0 Å². The highest BCUT2D eigenvalue weighted by Gasteiger charge is 2.08. The number of rotatable bonds is 10. The van der Waals surface area contributed by atoms with Gasteiger partial charge in [0, 0.05) is 31.9 Å². The first kappa shape index (κ1) is 21.3. The lowest BCUT2D eigenvalue weighted by atomic mass is 10.3. The van der Waals surface area contributed by atoms with Gasteiger partial charge in [-0.3, -0.25) is 14.6 Å². The molecule has 1 heterocycles. The Morgan fingerprint density at radius 3 is 2.67 bits per heavy atom. The van der Waals surface area contributed by atoms with E-state index < -0.39 is 10.0 Å². The minimum atomic E-state index is -3.27. The van der Waals surface area contributed by atoms with E-state index in [1.807, 2.05) is 0 Å². The first-order chi connectivity index (χ1) is 12.9. The van der Waals surface area contributed by atoms with Crippen molar-refractivity contribution < 1.29 is 17.9 Å². The first-order valence-electron chi connectivity index (χ1n) is 8.97. The number of anilines is 1. The van der Waals surface area contributed by atoms with E-state index in [1.165, 1.54) is 0 Å². The molecule has 0 aliphatic carbocycles. The van der Waals surface area contributed by atoms with Crippen LogP contribution in [0, 0.1) is 0 Å². The highest BCUT2D eigenvalue weighted by molar-refractivity contribution is 7.92. The lowest BCUT2D eigenvalue weighted by Gasteiger charge is -2.26. The van der Waals surface area contributed by atoms with Crippen molar-refractivity contribution in [2.75, 3.05) is 63.5 Å². The molecular formula is C17H29N5O4S. The quantitative estimate of drug-likeness (QED) is 0.289. The molecule has 0 radical (unpaired) electrons. The van der Waals surface area contributed by atoms with Gasteiger partial charge in [0.15, 0.2) is 5.96 Å². The second kappa shape index (κ2) is 11.0. The molecule has 1 fully saturated rings. The Labute approximate surface area is 161 Å². The zero-order valence-electron chi connectivity index (χ0n) is 15.7. The molecule has 27 heavy (non-hydrogen) atoms. The average molecular weight is 400 g/mol. The fourth-order valence-electron chi connectivity index (χ4n) is 2.56. The fourth-order valence-corrected chi connectivity index (χ4v) is 3.12.